The summed E-state index contributed by atoms with van der Waals surface area (Å²) < 4.78 is 13.6. The molecule has 21 heavy (non-hydrogen) atoms. The highest BCUT2D eigenvalue weighted by Gasteiger charge is 2.09. The Kier molecular flexibility index (Phi) is 5.09. The first kappa shape index (κ1) is 15.7. The lowest BCUT2D eigenvalue weighted by Gasteiger charge is -2.15. The zero-order valence-electron chi connectivity index (χ0n) is 11.4. The zero-order chi connectivity index (χ0) is 15.4. The Balaban J connectivity index is 2.02. The molecule has 0 heterocycles. The number of benzene rings is 2. The predicted molar refractivity (Wildman–Crippen MR) is 82.8 cm³/mol. The van der Waals surface area contributed by atoms with Crippen LogP contribution in [0.25, 0.3) is 0 Å². The molecule has 2 N–H and O–H groups in total. The van der Waals surface area contributed by atoms with Crippen LogP contribution in [0.5, 0.6) is 0 Å². The van der Waals surface area contributed by atoms with E-state index >= 15 is 0 Å². The molecule has 0 aliphatic heterocycles. The number of aromatic carboxylic acids is 1. The van der Waals surface area contributed by atoms with Crippen molar-refractivity contribution in [1.82, 2.24) is 5.32 Å². The van der Waals surface area contributed by atoms with E-state index < -0.39 is 5.97 Å². The Hall–Kier alpha value is -1.72. The number of rotatable bonds is 5. The minimum atomic E-state index is -0.949. The van der Waals surface area contributed by atoms with Crippen molar-refractivity contribution in [3.8, 4) is 0 Å². The second-order valence-corrected chi connectivity index (χ2v) is 5.62. The van der Waals surface area contributed by atoms with Crippen molar-refractivity contribution in [3.63, 3.8) is 0 Å². The maximum Gasteiger partial charge on any atom is 0.335 e. The maximum absolute atomic E-state index is 12.9. The molecule has 0 aliphatic carbocycles. The van der Waals surface area contributed by atoms with Crippen molar-refractivity contribution in [1.29, 1.82) is 0 Å². The second-order valence-electron chi connectivity index (χ2n) is 4.77. The zero-order valence-corrected chi connectivity index (χ0v) is 13.0. The number of carboxylic acids is 1. The van der Waals surface area contributed by atoms with Crippen LogP contribution < -0.4 is 5.32 Å². The van der Waals surface area contributed by atoms with Crippen LogP contribution in [0.2, 0.25) is 0 Å². The fraction of sp³-hybridized carbons (Fsp3) is 0.188. The van der Waals surface area contributed by atoms with Crippen molar-refractivity contribution in [2.75, 3.05) is 0 Å². The van der Waals surface area contributed by atoms with Gasteiger partial charge in [-0.15, -0.1) is 0 Å². The highest BCUT2D eigenvalue weighted by Crippen LogP contribution is 2.20. The van der Waals surface area contributed by atoms with Gasteiger partial charge in [0.05, 0.1) is 5.56 Å². The SMILES string of the molecule is C[C@@H](NCc1ccc(C(=O)O)cc1Br)c1ccc(F)cc1. The summed E-state index contributed by atoms with van der Waals surface area (Å²) in [5, 5.41) is 12.2. The Labute approximate surface area is 130 Å². The van der Waals surface area contributed by atoms with E-state index in [1.54, 1.807) is 30.3 Å². The van der Waals surface area contributed by atoms with Crippen LogP contribution in [0.3, 0.4) is 0 Å². The van der Waals surface area contributed by atoms with Crippen molar-refractivity contribution in [2.24, 2.45) is 0 Å². The molecule has 0 aromatic heterocycles. The molecule has 2 aromatic rings. The Morgan fingerprint density at radius 1 is 1.29 bits per heavy atom. The van der Waals surface area contributed by atoms with Crippen LogP contribution in [0, 0.1) is 5.82 Å². The van der Waals surface area contributed by atoms with Crippen molar-refractivity contribution >= 4 is 21.9 Å². The third-order valence-electron chi connectivity index (χ3n) is 3.27. The molecule has 2 rings (SSSR count). The van der Waals surface area contributed by atoms with Gasteiger partial charge in [-0.3, -0.25) is 0 Å². The summed E-state index contributed by atoms with van der Waals surface area (Å²) >= 11 is 3.38. The molecular weight excluding hydrogens is 337 g/mol. The average molecular weight is 352 g/mol. The van der Waals surface area contributed by atoms with E-state index in [2.05, 4.69) is 21.2 Å². The van der Waals surface area contributed by atoms with Crippen LogP contribution in [0.15, 0.2) is 46.9 Å². The number of carboxylic acid groups (broad SMARTS) is 1. The molecule has 1 atom stereocenters. The van der Waals surface area contributed by atoms with Gasteiger partial charge in [-0.2, -0.15) is 0 Å². The maximum atomic E-state index is 12.9. The molecule has 0 fully saturated rings. The molecule has 0 radical (unpaired) electrons. The van der Waals surface area contributed by atoms with Gasteiger partial charge in [-0.05, 0) is 42.3 Å². The molecule has 0 saturated heterocycles. The van der Waals surface area contributed by atoms with E-state index in [9.17, 15) is 9.18 Å². The number of halogens is 2. The number of hydrogen-bond donors (Lipinski definition) is 2. The lowest BCUT2D eigenvalue weighted by molar-refractivity contribution is 0.0697. The van der Waals surface area contributed by atoms with Crippen LogP contribution >= 0.6 is 15.9 Å². The highest BCUT2D eigenvalue weighted by atomic mass is 79.9. The minimum absolute atomic E-state index is 0.0663. The first-order chi connectivity index (χ1) is 9.97. The largest absolute Gasteiger partial charge is 0.478 e. The molecule has 0 aliphatic rings. The monoisotopic (exact) mass is 351 g/mol. The van der Waals surface area contributed by atoms with E-state index in [1.807, 2.05) is 6.92 Å². The van der Waals surface area contributed by atoms with Crippen LogP contribution in [0.4, 0.5) is 4.39 Å². The smallest absolute Gasteiger partial charge is 0.335 e. The van der Waals surface area contributed by atoms with Gasteiger partial charge in [-0.25, -0.2) is 9.18 Å². The fourth-order valence-corrected chi connectivity index (χ4v) is 2.48. The first-order valence-electron chi connectivity index (χ1n) is 6.48. The third kappa shape index (κ3) is 4.12. The summed E-state index contributed by atoms with van der Waals surface area (Å²) in [7, 11) is 0. The summed E-state index contributed by atoms with van der Waals surface area (Å²) in [6, 6.07) is 11.4. The Morgan fingerprint density at radius 2 is 1.95 bits per heavy atom. The Morgan fingerprint density at radius 3 is 2.52 bits per heavy atom. The minimum Gasteiger partial charge on any atom is -0.478 e. The normalized spacial score (nSPS) is 12.1. The summed E-state index contributed by atoms with van der Waals surface area (Å²) in [6.07, 6.45) is 0. The standard InChI is InChI=1S/C16H15BrFNO2/c1-10(11-4-6-14(18)7-5-11)19-9-13-3-2-12(16(20)21)8-15(13)17/h2-8,10,19H,9H2,1H3,(H,20,21)/t10-/m1/s1. The van der Waals surface area contributed by atoms with Gasteiger partial charge in [-0.1, -0.05) is 34.1 Å². The summed E-state index contributed by atoms with van der Waals surface area (Å²) in [5.41, 5.74) is 2.21. The van der Waals surface area contributed by atoms with Gasteiger partial charge in [0, 0.05) is 17.1 Å². The quantitative estimate of drug-likeness (QED) is 0.851. The van der Waals surface area contributed by atoms with Gasteiger partial charge in [0.25, 0.3) is 0 Å². The lowest BCUT2D eigenvalue weighted by Crippen LogP contribution is -2.18. The highest BCUT2D eigenvalue weighted by molar-refractivity contribution is 9.10. The molecule has 3 nitrogen and oxygen atoms in total. The summed E-state index contributed by atoms with van der Waals surface area (Å²) in [6.45, 7) is 2.58. The fourth-order valence-electron chi connectivity index (χ4n) is 1.96. The average Bonchev–Trinajstić information content (AvgIpc) is 2.46. The van der Waals surface area contributed by atoms with Gasteiger partial charge >= 0.3 is 5.97 Å². The van der Waals surface area contributed by atoms with Gasteiger partial charge in [0.15, 0.2) is 0 Å². The second kappa shape index (κ2) is 6.83. The van der Waals surface area contributed by atoms with Crippen LogP contribution in [0.1, 0.15) is 34.5 Å². The van der Waals surface area contributed by atoms with Gasteiger partial charge in [0.2, 0.25) is 0 Å². The molecule has 0 spiro atoms. The van der Waals surface area contributed by atoms with Crippen molar-refractivity contribution in [2.45, 2.75) is 19.5 Å². The van der Waals surface area contributed by atoms with Crippen LogP contribution in [-0.4, -0.2) is 11.1 Å². The molecule has 0 saturated carbocycles. The van der Waals surface area contributed by atoms with E-state index in [4.69, 9.17) is 5.11 Å². The predicted octanol–water partition coefficient (Wildman–Crippen LogP) is 4.14. The topological polar surface area (TPSA) is 49.3 Å². The van der Waals surface area contributed by atoms with Crippen molar-refractivity contribution < 1.29 is 14.3 Å². The number of carbonyl (C=O) groups is 1. The van der Waals surface area contributed by atoms with E-state index in [1.165, 1.54) is 12.1 Å². The van der Waals surface area contributed by atoms with E-state index in [-0.39, 0.29) is 17.4 Å². The first-order valence-corrected chi connectivity index (χ1v) is 7.27. The Bertz CT molecular complexity index is 643. The van der Waals surface area contributed by atoms with Crippen molar-refractivity contribution in [3.05, 3.63) is 69.4 Å². The molecule has 0 bridgehead atoms. The molecular formula is C16H15BrFNO2. The molecule has 2 aromatic carbocycles. The molecule has 0 unspecified atom stereocenters. The summed E-state index contributed by atoms with van der Waals surface area (Å²) in [4.78, 5) is 10.9. The molecule has 0 amide bonds. The third-order valence-corrected chi connectivity index (χ3v) is 4.01. The number of hydrogen-bond acceptors (Lipinski definition) is 2. The molecule has 110 valence electrons. The van der Waals surface area contributed by atoms with Crippen LogP contribution in [-0.2, 0) is 6.54 Å². The van der Waals surface area contributed by atoms with Gasteiger partial charge in [0.1, 0.15) is 5.82 Å². The summed E-state index contributed by atoms with van der Waals surface area (Å²) in [5.74, 6) is -1.20. The van der Waals surface area contributed by atoms with E-state index in [0.717, 1.165) is 15.6 Å². The van der Waals surface area contributed by atoms with E-state index in [0.29, 0.717) is 6.54 Å². The van der Waals surface area contributed by atoms with Gasteiger partial charge < -0.3 is 10.4 Å². The molecule has 5 heteroatoms. The number of nitrogens with one attached hydrogen (secondary N) is 1. The lowest BCUT2D eigenvalue weighted by atomic mass is 10.1.